The number of hydrogen-bond donors (Lipinski definition) is 2. The maximum atomic E-state index is 12.9. The number of benzene rings is 1. The highest BCUT2D eigenvalue weighted by atomic mass is 32.1. The molecule has 0 radical (unpaired) electrons. The van der Waals surface area contributed by atoms with Crippen molar-refractivity contribution in [2.24, 2.45) is 0 Å². The molecule has 34 heavy (non-hydrogen) atoms. The molecule has 3 aromatic rings. The summed E-state index contributed by atoms with van der Waals surface area (Å²) in [7, 11) is 0. The zero-order valence-corrected chi connectivity index (χ0v) is 18.8. The Hall–Kier alpha value is -3.99. The van der Waals surface area contributed by atoms with Gasteiger partial charge < -0.3 is 25.0 Å². The van der Waals surface area contributed by atoms with Crippen LogP contribution in [-0.2, 0) is 0 Å². The third-order valence-corrected chi connectivity index (χ3v) is 6.49. The second-order valence-electron chi connectivity index (χ2n) is 7.79. The molecular formula is C23H21N5O5S. The Bertz CT molecular complexity index is 1220. The van der Waals surface area contributed by atoms with Crippen LogP contribution in [0, 0.1) is 0 Å². The molecule has 5 rings (SSSR count). The Labute approximate surface area is 198 Å². The molecule has 1 saturated heterocycles. The van der Waals surface area contributed by atoms with E-state index in [-0.39, 0.29) is 30.3 Å². The van der Waals surface area contributed by atoms with Crippen LogP contribution in [0.4, 0.5) is 5.82 Å². The number of ether oxygens (including phenoxy) is 2. The SMILES string of the molecule is O=C(Nc1nccnc1C(=O)NC1CCN(C(=O)c2cccs2)CC1)c1ccc2c(c1)OCO2. The Balaban J connectivity index is 1.21. The molecule has 1 aromatic carbocycles. The fourth-order valence-electron chi connectivity index (χ4n) is 3.85. The van der Waals surface area contributed by atoms with Gasteiger partial charge in [0.1, 0.15) is 0 Å². The smallest absolute Gasteiger partial charge is 0.273 e. The number of piperidine rings is 1. The summed E-state index contributed by atoms with van der Waals surface area (Å²) < 4.78 is 10.6. The summed E-state index contributed by atoms with van der Waals surface area (Å²) in [6.07, 6.45) is 4.05. The molecule has 2 aliphatic rings. The van der Waals surface area contributed by atoms with Crippen molar-refractivity contribution in [1.82, 2.24) is 20.2 Å². The Kier molecular flexibility index (Phi) is 6.09. The van der Waals surface area contributed by atoms with Gasteiger partial charge in [-0.15, -0.1) is 11.3 Å². The molecule has 2 aliphatic heterocycles. The summed E-state index contributed by atoms with van der Waals surface area (Å²) in [4.78, 5) is 48.9. The summed E-state index contributed by atoms with van der Waals surface area (Å²) >= 11 is 1.42. The van der Waals surface area contributed by atoms with Gasteiger partial charge >= 0.3 is 0 Å². The largest absolute Gasteiger partial charge is 0.454 e. The summed E-state index contributed by atoms with van der Waals surface area (Å²) in [5.41, 5.74) is 0.359. The number of fused-ring (bicyclic) bond motifs is 1. The molecular weight excluding hydrogens is 458 g/mol. The van der Waals surface area contributed by atoms with Crippen molar-refractivity contribution in [3.63, 3.8) is 0 Å². The molecule has 0 aliphatic carbocycles. The zero-order chi connectivity index (χ0) is 23.5. The topological polar surface area (TPSA) is 123 Å². The minimum absolute atomic E-state index is 0.0159. The van der Waals surface area contributed by atoms with Gasteiger partial charge in [0, 0.05) is 37.1 Å². The lowest BCUT2D eigenvalue weighted by atomic mass is 10.0. The van der Waals surface area contributed by atoms with Crippen LogP contribution in [0.1, 0.15) is 43.4 Å². The maximum Gasteiger partial charge on any atom is 0.273 e. The first-order chi connectivity index (χ1) is 16.6. The lowest BCUT2D eigenvalue weighted by Crippen LogP contribution is -2.46. The number of nitrogens with zero attached hydrogens (tertiary/aromatic N) is 3. The lowest BCUT2D eigenvalue weighted by Gasteiger charge is -2.32. The quantitative estimate of drug-likeness (QED) is 0.577. The summed E-state index contributed by atoms with van der Waals surface area (Å²) in [6.45, 7) is 1.21. The number of anilines is 1. The van der Waals surface area contributed by atoms with E-state index in [0.29, 0.717) is 47.9 Å². The second-order valence-corrected chi connectivity index (χ2v) is 8.74. The van der Waals surface area contributed by atoms with Crippen LogP contribution in [0.2, 0.25) is 0 Å². The van der Waals surface area contributed by atoms with Crippen LogP contribution < -0.4 is 20.1 Å². The molecule has 0 bridgehead atoms. The number of amides is 3. The van der Waals surface area contributed by atoms with Gasteiger partial charge in [-0.25, -0.2) is 9.97 Å². The summed E-state index contributed by atoms with van der Waals surface area (Å²) in [5, 5.41) is 7.48. The minimum atomic E-state index is -0.451. The van der Waals surface area contributed by atoms with Gasteiger partial charge in [-0.05, 0) is 42.5 Å². The Morgan fingerprint density at radius 3 is 2.59 bits per heavy atom. The van der Waals surface area contributed by atoms with Crippen LogP contribution in [-0.4, -0.2) is 58.5 Å². The molecule has 4 heterocycles. The van der Waals surface area contributed by atoms with Crippen molar-refractivity contribution >= 4 is 34.9 Å². The number of carbonyl (C=O) groups is 3. The number of hydrogen-bond acceptors (Lipinski definition) is 8. The van der Waals surface area contributed by atoms with Gasteiger partial charge in [0.25, 0.3) is 17.7 Å². The van der Waals surface area contributed by atoms with E-state index in [4.69, 9.17) is 9.47 Å². The number of nitrogens with one attached hydrogen (secondary N) is 2. The van der Waals surface area contributed by atoms with Crippen molar-refractivity contribution < 1.29 is 23.9 Å². The molecule has 2 N–H and O–H groups in total. The standard InChI is InChI=1S/C23H21N5O5S/c29-21(14-3-4-16-17(12-14)33-13-32-16)27-20-19(24-7-8-25-20)22(30)26-15-5-9-28(10-6-15)23(31)18-2-1-11-34-18/h1-4,7-8,11-12,15H,5-6,9-10,13H2,(H,26,30)(H,25,27,29). The van der Waals surface area contributed by atoms with Gasteiger partial charge in [0.15, 0.2) is 23.0 Å². The van der Waals surface area contributed by atoms with E-state index in [2.05, 4.69) is 20.6 Å². The van der Waals surface area contributed by atoms with Crippen molar-refractivity contribution in [2.75, 3.05) is 25.2 Å². The average Bonchev–Trinajstić information content (AvgIpc) is 3.56. The Morgan fingerprint density at radius 1 is 1.00 bits per heavy atom. The van der Waals surface area contributed by atoms with Crippen LogP contribution >= 0.6 is 11.3 Å². The van der Waals surface area contributed by atoms with Gasteiger partial charge in [-0.2, -0.15) is 0 Å². The maximum absolute atomic E-state index is 12.9. The fraction of sp³-hybridized carbons (Fsp3) is 0.261. The fourth-order valence-corrected chi connectivity index (χ4v) is 4.54. The van der Waals surface area contributed by atoms with Gasteiger partial charge in [0.05, 0.1) is 4.88 Å². The highest BCUT2D eigenvalue weighted by molar-refractivity contribution is 7.12. The van der Waals surface area contributed by atoms with Gasteiger partial charge in [0.2, 0.25) is 6.79 Å². The van der Waals surface area contributed by atoms with Crippen molar-refractivity contribution in [1.29, 1.82) is 0 Å². The van der Waals surface area contributed by atoms with E-state index in [1.54, 1.807) is 23.1 Å². The van der Waals surface area contributed by atoms with E-state index < -0.39 is 11.8 Å². The number of likely N-dealkylation sites (tertiary alicyclic amines) is 1. The summed E-state index contributed by atoms with van der Waals surface area (Å²) in [5.74, 6) is 0.244. The number of aromatic nitrogens is 2. The number of thiophene rings is 1. The third-order valence-electron chi connectivity index (χ3n) is 5.63. The highest BCUT2D eigenvalue weighted by Gasteiger charge is 2.27. The van der Waals surface area contributed by atoms with E-state index in [1.165, 1.54) is 23.7 Å². The molecule has 10 nitrogen and oxygen atoms in total. The van der Waals surface area contributed by atoms with E-state index in [1.807, 2.05) is 17.5 Å². The van der Waals surface area contributed by atoms with Crippen molar-refractivity contribution in [3.05, 3.63) is 64.2 Å². The van der Waals surface area contributed by atoms with Crippen LogP contribution in [0.25, 0.3) is 0 Å². The first-order valence-corrected chi connectivity index (χ1v) is 11.6. The normalized spacial score (nSPS) is 15.1. The molecule has 3 amide bonds. The van der Waals surface area contributed by atoms with E-state index in [9.17, 15) is 14.4 Å². The average molecular weight is 480 g/mol. The molecule has 11 heteroatoms. The predicted molar refractivity (Wildman–Crippen MR) is 123 cm³/mol. The van der Waals surface area contributed by atoms with Crippen molar-refractivity contribution in [3.8, 4) is 11.5 Å². The molecule has 0 unspecified atom stereocenters. The molecule has 0 atom stereocenters. The molecule has 0 spiro atoms. The first-order valence-electron chi connectivity index (χ1n) is 10.7. The van der Waals surface area contributed by atoms with Crippen LogP contribution in [0.15, 0.2) is 48.1 Å². The number of rotatable bonds is 5. The van der Waals surface area contributed by atoms with Gasteiger partial charge in [-0.1, -0.05) is 6.07 Å². The Morgan fingerprint density at radius 2 is 1.79 bits per heavy atom. The molecule has 2 aromatic heterocycles. The van der Waals surface area contributed by atoms with E-state index in [0.717, 1.165) is 0 Å². The van der Waals surface area contributed by atoms with Crippen LogP contribution in [0.3, 0.4) is 0 Å². The third kappa shape index (κ3) is 4.55. The lowest BCUT2D eigenvalue weighted by molar-refractivity contribution is 0.0702. The monoisotopic (exact) mass is 479 g/mol. The van der Waals surface area contributed by atoms with Crippen molar-refractivity contribution in [2.45, 2.75) is 18.9 Å². The number of carbonyl (C=O) groups excluding carboxylic acids is 3. The molecule has 1 fully saturated rings. The second kappa shape index (κ2) is 9.48. The minimum Gasteiger partial charge on any atom is -0.454 e. The molecule has 174 valence electrons. The first kappa shape index (κ1) is 21.8. The predicted octanol–water partition coefficient (Wildman–Crippen LogP) is 2.55. The zero-order valence-electron chi connectivity index (χ0n) is 18.0. The van der Waals surface area contributed by atoms with Gasteiger partial charge in [-0.3, -0.25) is 14.4 Å². The van der Waals surface area contributed by atoms with E-state index >= 15 is 0 Å². The molecule has 0 saturated carbocycles. The summed E-state index contributed by atoms with van der Waals surface area (Å²) in [6, 6.07) is 8.38. The highest BCUT2D eigenvalue weighted by Crippen LogP contribution is 2.32. The van der Waals surface area contributed by atoms with Crippen LogP contribution in [0.5, 0.6) is 11.5 Å².